The standard InChI is InChI=1S/C23H34FN7O9S2.C15H27N7O7S.C8H7FO2S.BS.F2.V/c24-13-3-5-14(6-4-13)42(39,40)9-8-41-12-17(22(37)38)31-21(36)16(10-19(33)34)30-18(32)11-29-20(35)15(25)2-1-7-28-23(26)27;16-7(2-1-3-19-15(17)18)12(26)20-5-10(23)21-8(4-11(24)25)13(27)22-9(6-30)14(28)29;1-2-12(10,11)8-5-3-7(9)4-6-8;2*1-2;/h3-6,15-17H,1-2,7-12,25H2,(H,29,35)(H,30,32)(H,31,36)(H,33,34)(H,37,38)(H4,26,27,28);7-9,30H,1-6,16H2,(H,20,26)(H,21,23)(H,22,27)(H,24,25)(H,28,29)(H4,17,18,19);2-6H,1H2;;;/t15-,16-,17-;7-,8-,9-;;;;/m00..../s1/i24-1;;9-1;;1-1;. The number of benzene rings is 2. The third kappa shape index (κ3) is 41.4. The number of carboxylic acid groups (broad SMARTS) is 4. The van der Waals surface area contributed by atoms with E-state index in [0.29, 0.717) is 12.8 Å². The topological polar surface area (TPSA) is 573 Å². The first kappa shape index (κ1) is 85.7. The van der Waals surface area contributed by atoms with Crippen LogP contribution in [0.5, 0.6) is 0 Å². The second-order valence-corrected chi connectivity index (χ2v) is 23.8. The number of guanidine groups is 2. The summed E-state index contributed by atoms with van der Waals surface area (Å²) in [4.78, 5) is 125. The van der Waals surface area contributed by atoms with Crippen molar-refractivity contribution < 1.29 is 119 Å². The number of halogens is 4. The predicted octanol–water partition coefficient (Wildman–Crippen LogP) is -3.85. The molecule has 0 aliphatic heterocycles. The van der Waals surface area contributed by atoms with E-state index in [0.717, 1.165) is 53.6 Å². The van der Waals surface area contributed by atoms with Crippen molar-refractivity contribution in [1.82, 2.24) is 31.9 Å². The molecule has 22 N–H and O–H groups in total. The molecule has 43 heteroatoms. The number of sulfone groups is 2. The first-order valence-corrected chi connectivity index (χ1v) is 32.3. The zero-order chi connectivity index (χ0) is 69.0. The van der Waals surface area contributed by atoms with Crippen molar-refractivity contribution in [2.75, 3.05) is 49.2 Å². The molecule has 0 saturated heterocycles. The van der Waals surface area contributed by atoms with Gasteiger partial charge in [0.25, 0.3) is 0 Å². The van der Waals surface area contributed by atoms with Crippen LogP contribution in [0.2, 0.25) is 0 Å². The fraction of sp³-hybridized carbons (Fsp3) is 0.435. The number of nitrogens with zero attached hydrogens (tertiary/aromatic N) is 2. The summed E-state index contributed by atoms with van der Waals surface area (Å²) in [6.45, 7) is 7.18. The number of rotatable bonds is 35. The van der Waals surface area contributed by atoms with Crippen LogP contribution in [0, 0.1) is 11.6 Å². The summed E-state index contributed by atoms with van der Waals surface area (Å²) < 4.78 is 88.2. The maximum atomic E-state index is 13.0. The number of amides is 6. The number of carbonyl (C=O) groups is 10. The number of aliphatic imine (C=N–C) groups is 2. The van der Waals surface area contributed by atoms with Crippen LogP contribution in [-0.2, 0) is 83.3 Å². The first-order valence-electron chi connectivity index (χ1n) is 24.8. The van der Waals surface area contributed by atoms with Crippen LogP contribution in [0.1, 0.15) is 38.5 Å². The Labute approximate surface area is 529 Å². The molecular weight excluding hydrogens is 1330 g/mol. The van der Waals surface area contributed by atoms with Gasteiger partial charge in [-0.1, -0.05) is 6.58 Å². The van der Waals surface area contributed by atoms with Crippen LogP contribution < -0.4 is 66.3 Å². The van der Waals surface area contributed by atoms with Crippen molar-refractivity contribution >= 4 is 131 Å². The van der Waals surface area contributed by atoms with E-state index >= 15 is 0 Å². The Bertz CT molecular complexity index is 3000. The van der Waals surface area contributed by atoms with Crippen LogP contribution in [0.15, 0.2) is 80.3 Å². The van der Waals surface area contributed by atoms with Gasteiger partial charge < -0.3 is 86.7 Å². The van der Waals surface area contributed by atoms with Crippen LogP contribution in [0.25, 0.3) is 0 Å². The van der Waals surface area contributed by atoms with Gasteiger partial charge in [-0.15, -0.1) is 0 Å². The summed E-state index contributed by atoms with van der Waals surface area (Å²) in [5.74, 6) is -13.3. The Morgan fingerprint density at radius 1 is 0.629 bits per heavy atom. The molecule has 0 saturated carbocycles. The summed E-state index contributed by atoms with van der Waals surface area (Å²) in [7, 11) is -6.00. The van der Waals surface area contributed by atoms with Gasteiger partial charge in [-0.2, -0.15) is 24.4 Å². The Kier molecular flexibility index (Phi) is 45.8. The summed E-state index contributed by atoms with van der Waals surface area (Å²) in [6.07, 6.45) is -0.447. The number of nitrogens with two attached hydrogens (primary N) is 6. The van der Waals surface area contributed by atoms with Crippen molar-refractivity contribution in [3.8, 4) is 0 Å². The number of thioether (sulfide) groups is 1. The summed E-state index contributed by atoms with van der Waals surface area (Å²) >= 11 is 6.82. The van der Waals surface area contributed by atoms with Gasteiger partial charge in [0.2, 0.25) is 35.4 Å². The summed E-state index contributed by atoms with van der Waals surface area (Å²) in [6, 6.07) is 0.675. The van der Waals surface area contributed by atoms with Gasteiger partial charge in [0.05, 0.1) is 53.6 Å². The number of carboxylic acids is 4. The third-order valence-electron chi connectivity index (χ3n) is 10.2. The molecule has 0 heterocycles. The summed E-state index contributed by atoms with van der Waals surface area (Å²) in [5, 5.41) is 50.2. The van der Waals surface area contributed by atoms with Crippen LogP contribution in [-0.4, -0.2) is 201 Å². The van der Waals surface area contributed by atoms with E-state index in [9.17, 15) is 78.7 Å². The van der Waals surface area contributed by atoms with Crippen molar-refractivity contribution in [1.29, 1.82) is 0 Å². The van der Waals surface area contributed by atoms with Gasteiger partial charge in [0.15, 0.2) is 31.6 Å². The molecule has 0 unspecified atom stereocenters. The number of hydrogen-bond acceptors (Lipinski definition) is 20. The monoisotopic (exact) mass is 1400 g/mol. The molecule has 6 amide bonds. The third-order valence-corrected chi connectivity index (χ3v) is 15.0. The van der Waals surface area contributed by atoms with Crippen molar-refractivity contribution in [2.24, 2.45) is 44.4 Å². The van der Waals surface area contributed by atoms with E-state index in [1.807, 2.05) is 0 Å². The van der Waals surface area contributed by atoms with E-state index in [1.54, 1.807) is 0 Å². The Balaban J connectivity index is -0.00000136. The second kappa shape index (κ2) is 47.5. The van der Waals surface area contributed by atoms with Gasteiger partial charge in [-0.3, -0.25) is 48.3 Å². The number of aliphatic carboxylic acids is 4. The average molecular weight is 1400 g/mol. The Hall–Kier alpha value is -7.47. The number of hydrogen-bond donors (Lipinski definition) is 17. The van der Waals surface area contributed by atoms with Crippen LogP contribution >= 0.6 is 33.2 Å². The Morgan fingerprint density at radius 2 is 0.989 bits per heavy atom. The molecule has 0 spiro atoms. The van der Waals surface area contributed by atoms with Gasteiger partial charge in [0, 0.05) is 44.9 Å². The SMILES string of the molecule is C=CS(=O)(=O)c1ccc([18F])cc1.F[18F].NC(N)=NCCC[C@H](N)C(=O)NCC(=O)N[C@@H](CC(=O)O)C(=O)N[C@@H](CS)C(=O)O.NC(N)=NCCC[C@H](N)C(=O)NCC(=O)N[C@@H](CC(=O)O)C(=O)N[C@@H](CSCCS(=O)(=O)c1ccc([18F])cc1)C(=O)O.[B]=[S]=[V]. The molecule has 2 aromatic carbocycles. The molecule has 0 aromatic heterocycles. The molecule has 496 valence electrons. The number of thiol groups is 1. The maximum absolute atomic E-state index is 13.0. The van der Waals surface area contributed by atoms with Crippen molar-refractivity contribution in [2.45, 2.75) is 84.6 Å². The quantitative estimate of drug-likeness (QED) is 0.00597. The van der Waals surface area contributed by atoms with Crippen molar-refractivity contribution in [3.63, 3.8) is 0 Å². The van der Waals surface area contributed by atoms with Gasteiger partial charge >= 0.3 is 55.2 Å². The van der Waals surface area contributed by atoms with Gasteiger partial charge in [-0.05, 0) is 74.2 Å². The van der Waals surface area contributed by atoms with E-state index in [1.165, 1.54) is 21.0 Å². The molecular formula is C46H68BF4N14O18S5V. The van der Waals surface area contributed by atoms with Crippen LogP contribution in [0.4, 0.5) is 17.9 Å². The molecule has 1 radical (unpaired) electrons. The molecule has 0 fully saturated rings. The normalized spacial score (nSPS) is 12.4. The molecule has 89 heavy (non-hydrogen) atoms. The number of nitrogens with one attached hydrogen (secondary N) is 6. The molecule has 2 rings (SSSR count). The second-order valence-electron chi connectivity index (χ2n) is 17.1. The van der Waals surface area contributed by atoms with E-state index < -0.39 is 159 Å². The van der Waals surface area contributed by atoms with E-state index in [2.05, 4.69) is 76.8 Å². The average Bonchev–Trinajstić information content (AvgIpc) is 3.25. The van der Waals surface area contributed by atoms with Gasteiger partial charge in [0.1, 0.15) is 35.8 Å². The first-order chi connectivity index (χ1) is 41.6. The molecule has 32 nitrogen and oxygen atoms in total. The molecule has 0 bridgehead atoms. The minimum absolute atomic E-state index is 0.0545. The zero-order valence-corrected chi connectivity index (χ0v) is 52.3. The zero-order valence-electron chi connectivity index (χ0n) is 46.7. The molecule has 0 aliphatic rings. The van der Waals surface area contributed by atoms with Crippen molar-refractivity contribution in [3.05, 3.63) is 72.2 Å². The fourth-order valence-corrected chi connectivity index (χ4v) is 9.63. The molecule has 6 atom stereocenters. The predicted molar refractivity (Wildman–Crippen MR) is 318 cm³/mol. The molecule has 0 aliphatic carbocycles. The summed E-state index contributed by atoms with van der Waals surface area (Å²) in [5.41, 5.74) is 32.1. The van der Waals surface area contributed by atoms with E-state index in [4.69, 9.17) is 65.6 Å². The number of carbonyl (C=O) groups excluding carboxylic acids is 6. The Morgan fingerprint density at radius 3 is 1.31 bits per heavy atom. The van der Waals surface area contributed by atoms with Gasteiger partial charge in [-0.25, -0.2) is 35.2 Å². The van der Waals surface area contributed by atoms with Crippen LogP contribution in [0.3, 0.4) is 0 Å². The fourth-order valence-electron chi connectivity index (χ4n) is 5.91. The molecule has 2 aromatic rings. The minimum atomic E-state index is -3.77. The van der Waals surface area contributed by atoms with E-state index in [-0.39, 0.29) is 64.9 Å².